The van der Waals surface area contributed by atoms with Crippen LogP contribution in [0.4, 0.5) is 11.6 Å². The number of benzene rings is 2. The van der Waals surface area contributed by atoms with E-state index in [0.29, 0.717) is 80.0 Å². The van der Waals surface area contributed by atoms with Crippen molar-refractivity contribution in [2.75, 3.05) is 83.2 Å². The lowest BCUT2D eigenvalue weighted by Gasteiger charge is -2.21. The van der Waals surface area contributed by atoms with Gasteiger partial charge in [-0.15, -0.1) is 0 Å². The number of carbonyl (C=O) groups is 4. The van der Waals surface area contributed by atoms with E-state index in [4.69, 9.17) is 38.4 Å². The van der Waals surface area contributed by atoms with E-state index in [9.17, 15) is 29.4 Å². The fraction of sp³-hybridized carbons (Fsp3) is 0.529. The van der Waals surface area contributed by atoms with Crippen LogP contribution in [0.15, 0.2) is 48.5 Å². The number of anilines is 2. The third-order valence-electron chi connectivity index (χ3n) is 10.6. The van der Waals surface area contributed by atoms with E-state index in [1.165, 1.54) is 0 Å². The van der Waals surface area contributed by atoms with E-state index >= 15 is 0 Å². The first-order valence-corrected chi connectivity index (χ1v) is 24.5. The first kappa shape index (κ1) is 57.7. The van der Waals surface area contributed by atoms with Gasteiger partial charge in [0.05, 0.1) is 79.3 Å². The average molecular weight is 1020 g/mol. The lowest BCUT2D eigenvalue weighted by Crippen LogP contribution is -2.43. The molecule has 0 unspecified atom stereocenters. The van der Waals surface area contributed by atoms with Crippen LogP contribution < -0.4 is 21.3 Å². The summed E-state index contributed by atoms with van der Waals surface area (Å²) in [6.45, 7) is 20.0. The van der Waals surface area contributed by atoms with Gasteiger partial charge in [0.1, 0.15) is 55.2 Å². The van der Waals surface area contributed by atoms with Gasteiger partial charge in [0.2, 0.25) is 23.6 Å². The summed E-state index contributed by atoms with van der Waals surface area (Å²) in [4.78, 5) is 68.6. The average Bonchev–Trinajstić information content (AvgIpc) is 3.88. The molecule has 0 aliphatic heterocycles. The van der Waals surface area contributed by atoms with Gasteiger partial charge in [-0.2, -0.15) is 0 Å². The minimum absolute atomic E-state index is 0.166. The van der Waals surface area contributed by atoms with Crippen LogP contribution in [0.5, 0.6) is 0 Å². The Balaban J connectivity index is 0.000000271. The summed E-state index contributed by atoms with van der Waals surface area (Å²) in [5, 5.41) is 33.6. The van der Waals surface area contributed by atoms with Crippen LogP contribution in [-0.4, -0.2) is 153 Å². The fourth-order valence-electron chi connectivity index (χ4n) is 7.49. The zero-order valence-electron chi connectivity index (χ0n) is 43.5. The summed E-state index contributed by atoms with van der Waals surface area (Å²) in [6.07, 6.45) is 0. The summed E-state index contributed by atoms with van der Waals surface area (Å²) >= 11 is 0. The van der Waals surface area contributed by atoms with Gasteiger partial charge >= 0.3 is 0 Å². The van der Waals surface area contributed by atoms with Crippen LogP contribution in [0.1, 0.15) is 74.0 Å². The smallest absolute Gasteiger partial charge is 0.247 e. The van der Waals surface area contributed by atoms with Crippen molar-refractivity contribution in [3.05, 3.63) is 60.2 Å². The predicted molar refractivity (Wildman–Crippen MR) is 276 cm³/mol. The molecule has 4 aromatic heterocycles. The number of hydrogen-bond acceptors (Lipinski definition) is 16. The molecule has 0 radical (unpaired) electrons. The van der Waals surface area contributed by atoms with Crippen LogP contribution in [0, 0.1) is 0 Å². The van der Waals surface area contributed by atoms with Gasteiger partial charge in [0.25, 0.3) is 0 Å². The van der Waals surface area contributed by atoms with Crippen molar-refractivity contribution in [3.8, 4) is 0 Å². The van der Waals surface area contributed by atoms with Crippen molar-refractivity contribution in [1.82, 2.24) is 39.7 Å². The van der Waals surface area contributed by atoms with Crippen LogP contribution in [0.25, 0.3) is 43.9 Å². The van der Waals surface area contributed by atoms with Gasteiger partial charge < -0.3 is 69.0 Å². The normalized spacial score (nSPS) is 12.3. The van der Waals surface area contributed by atoms with E-state index in [1.54, 1.807) is 34.6 Å². The van der Waals surface area contributed by atoms with Crippen LogP contribution >= 0.6 is 0 Å². The van der Waals surface area contributed by atoms with Crippen molar-refractivity contribution in [2.45, 2.75) is 106 Å². The fourth-order valence-corrected chi connectivity index (χ4v) is 7.49. The van der Waals surface area contributed by atoms with Crippen molar-refractivity contribution in [3.63, 3.8) is 0 Å². The van der Waals surface area contributed by atoms with E-state index in [0.717, 1.165) is 21.8 Å². The van der Waals surface area contributed by atoms with E-state index < -0.39 is 40.9 Å². The third-order valence-corrected chi connectivity index (χ3v) is 10.6. The summed E-state index contributed by atoms with van der Waals surface area (Å²) in [6, 6.07) is 14.2. The number of nitrogens with zero attached hydrogens (tertiary/aromatic N) is 6. The molecular formula is C51H72N10O12. The van der Waals surface area contributed by atoms with E-state index in [1.807, 2.05) is 85.4 Å². The number of aromatic nitrogens is 6. The number of amides is 4. The van der Waals surface area contributed by atoms with Gasteiger partial charge in [0.15, 0.2) is 11.6 Å². The van der Waals surface area contributed by atoms with Crippen molar-refractivity contribution >= 4 is 79.1 Å². The molecule has 22 heteroatoms. The number of fused-ring (bicyclic) bond motifs is 6. The maximum absolute atomic E-state index is 13.0. The molecule has 0 aliphatic rings. The first-order valence-electron chi connectivity index (χ1n) is 24.5. The number of pyridine rings is 2. The lowest BCUT2D eigenvalue weighted by molar-refractivity contribution is -0.129. The van der Waals surface area contributed by atoms with Gasteiger partial charge in [-0.05, 0) is 74.4 Å². The summed E-state index contributed by atoms with van der Waals surface area (Å²) in [5.74, 6) is 0.0257. The molecule has 73 heavy (non-hydrogen) atoms. The number of rotatable bonds is 28. The number of hydrogen-bond donors (Lipinski definition) is 6. The highest BCUT2D eigenvalue weighted by atomic mass is 16.5. The molecule has 6 aromatic rings. The van der Waals surface area contributed by atoms with Gasteiger partial charge in [-0.3, -0.25) is 19.2 Å². The Labute approximate surface area is 424 Å². The number of para-hydroxylation sites is 2. The molecule has 2 aromatic carbocycles. The molecular weight excluding hydrogens is 945 g/mol. The van der Waals surface area contributed by atoms with E-state index in [-0.39, 0.29) is 64.3 Å². The number of carbonyl (C=O) groups excluding carboxylic acids is 4. The number of aliphatic hydroxyl groups is 2. The van der Waals surface area contributed by atoms with Crippen molar-refractivity contribution in [1.29, 1.82) is 0 Å². The zero-order chi connectivity index (χ0) is 53.1. The molecule has 1 atom stereocenters. The Morgan fingerprint density at radius 2 is 1.00 bits per heavy atom. The lowest BCUT2D eigenvalue weighted by atomic mass is 10.1. The third kappa shape index (κ3) is 17.2. The molecule has 0 saturated carbocycles. The van der Waals surface area contributed by atoms with E-state index in [2.05, 4.69) is 31.2 Å². The maximum atomic E-state index is 13.0. The molecule has 0 fully saturated rings. The minimum Gasteiger partial charge on any atom is -0.389 e. The quantitative estimate of drug-likeness (QED) is 0.0372. The minimum atomic E-state index is -1.02. The topological polar surface area (TPSA) is 274 Å². The molecule has 0 saturated heterocycles. The summed E-state index contributed by atoms with van der Waals surface area (Å²) in [5.41, 5.74) is 1.70. The SMILES string of the molecule is CCOCCOCC(=O)NCC(=O)Nc1nc2ccccc2c2c1nc(COCC)n2CC(C)(C)O.CCOCCOCC(=O)N[C@@H](C)C(=O)Nc1nc2ccccc2c2c1nc(COCC)n2CC(C)(C)O. The van der Waals surface area contributed by atoms with Crippen molar-refractivity contribution < 1.29 is 57.8 Å². The number of nitrogens with one attached hydrogen (secondary N) is 4. The standard InChI is InChI=1S/C26H37N5O6.C25H35N5O6/c1-6-35-12-13-37-15-21(32)27-17(3)25(33)30-24-22-23(18-10-8-9-11-19(18)28-24)31(16-26(4,5)34)20(29-22)14-36-7-2;1-5-34-11-12-36-15-21(32)26-13-20(31)29-24-22-23(17-9-7-8-10-18(17)27-24)30(16-25(3,4)33)19(28-22)14-35-6-2/h8-11,17,34H,6-7,12-16H2,1-5H3,(H,27,32)(H,28,30,33);7-10,33H,5-6,11-16H2,1-4H3,(H,26,32)(H,27,29,31)/t17-;/m0./s1. The largest absolute Gasteiger partial charge is 0.389 e. The first-order chi connectivity index (χ1) is 34.9. The number of ether oxygens (including phenoxy) is 6. The molecule has 4 amide bonds. The van der Waals surface area contributed by atoms with Crippen LogP contribution in [0.2, 0.25) is 0 Å². The Morgan fingerprint density at radius 3 is 1.45 bits per heavy atom. The van der Waals surface area contributed by atoms with Crippen molar-refractivity contribution in [2.24, 2.45) is 0 Å². The Kier molecular flexibility index (Phi) is 21.9. The summed E-state index contributed by atoms with van der Waals surface area (Å²) in [7, 11) is 0. The molecule has 0 spiro atoms. The zero-order valence-corrected chi connectivity index (χ0v) is 43.5. The highest BCUT2D eigenvalue weighted by Gasteiger charge is 2.27. The van der Waals surface area contributed by atoms with Gasteiger partial charge in [-0.25, -0.2) is 19.9 Å². The van der Waals surface area contributed by atoms with Gasteiger partial charge in [-0.1, -0.05) is 36.4 Å². The summed E-state index contributed by atoms with van der Waals surface area (Å²) < 4.78 is 35.9. The Morgan fingerprint density at radius 1 is 0.575 bits per heavy atom. The van der Waals surface area contributed by atoms with Crippen LogP contribution in [-0.2, 0) is 73.9 Å². The number of imidazole rings is 2. The maximum Gasteiger partial charge on any atom is 0.247 e. The highest BCUT2D eigenvalue weighted by molar-refractivity contribution is 6.11. The highest BCUT2D eigenvalue weighted by Crippen LogP contribution is 2.33. The monoisotopic (exact) mass is 1020 g/mol. The Bertz CT molecular complexity index is 2780. The second kappa shape index (κ2) is 27.7. The van der Waals surface area contributed by atoms with Crippen LogP contribution in [0.3, 0.4) is 0 Å². The predicted octanol–water partition coefficient (Wildman–Crippen LogP) is 4.39. The molecule has 0 bridgehead atoms. The molecule has 0 aliphatic carbocycles. The molecule has 398 valence electrons. The second-order valence-corrected chi connectivity index (χ2v) is 18.1. The Hall–Kier alpha value is -6.24. The molecule has 22 nitrogen and oxygen atoms in total. The second-order valence-electron chi connectivity index (χ2n) is 18.1. The van der Waals surface area contributed by atoms with Gasteiger partial charge in [0, 0.05) is 37.2 Å². The molecule has 6 N–H and O–H groups in total. The molecule has 6 rings (SSSR count). The molecule has 4 heterocycles.